The molecule has 1 aliphatic carbocycles. The van der Waals surface area contributed by atoms with Gasteiger partial charge >= 0.3 is 0 Å². The highest BCUT2D eigenvalue weighted by molar-refractivity contribution is 5.79. The van der Waals surface area contributed by atoms with Gasteiger partial charge in [0.1, 0.15) is 5.82 Å². The molecule has 2 aromatic rings. The van der Waals surface area contributed by atoms with Crippen LogP contribution in [0.3, 0.4) is 0 Å². The number of nitrogens with two attached hydrogens (primary N) is 1. The Labute approximate surface area is 102 Å². The smallest absolute Gasteiger partial charge is 0.112 e. The van der Waals surface area contributed by atoms with E-state index in [9.17, 15) is 0 Å². The molecule has 1 aromatic heterocycles. The van der Waals surface area contributed by atoms with E-state index in [1.165, 1.54) is 24.2 Å². The quantitative estimate of drug-likeness (QED) is 0.822. The van der Waals surface area contributed by atoms with Crippen LogP contribution < -0.4 is 5.73 Å². The number of imidazole rings is 1. The Morgan fingerprint density at radius 1 is 1.41 bits per heavy atom. The lowest BCUT2D eigenvalue weighted by Gasteiger charge is -2.10. The summed E-state index contributed by atoms with van der Waals surface area (Å²) in [7, 11) is 0. The maximum Gasteiger partial charge on any atom is 0.112 e. The first kappa shape index (κ1) is 10.6. The second kappa shape index (κ2) is 3.76. The van der Waals surface area contributed by atoms with E-state index < -0.39 is 0 Å². The summed E-state index contributed by atoms with van der Waals surface area (Å²) in [4.78, 5) is 4.74. The number of aromatic nitrogens is 2. The molecule has 3 heteroatoms. The van der Waals surface area contributed by atoms with Crippen LogP contribution in [-0.4, -0.2) is 9.55 Å². The summed E-state index contributed by atoms with van der Waals surface area (Å²) in [5.74, 6) is 2.52. The van der Waals surface area contributed by atoms with Crippen LogP contribution in [0.1, 0.15) is 38.4 Å². The Morgan fingerprint density at radius 3 is 2.82 bits per heavy atom. The van der Waals surface area contributed by atoms with E-state index in [0.29, 0.717) is 5.92 Å². The monoisotopic (exact) mass is 229 g/mol. The van der Waals surface area contributed by atoms with E-state index >= 15 is 0 Å². The molecule has 1 saturated carbocycles. The van der Waals surface area contributed by atoms with Gasteiger partial charge in [0.25, 0.3) is 0 Å². The van der Waals surface area contributed by atoms with Crippen molar-refractivity contribution in [2.75, 3.05) is 5.73 Å². The Balaban J connectivity index is 2.15. The van der Waals surface area contributed by atoms with Crippen molar-refractivity contribution >= 4 is 16.7 Å². The molecule has 1 aliphatic rings. The number of anilines is 1. The Hall–Kier alpha value is -1.51. The molecular formula is C14H19N3. The van der Waals surface area contributed by atoms with Crippen molar-refractivity contribution in [3.63, 3.8) is 0 Å². The second-order valence-corrected chi connectivity index (χ2v) is 5.43. The van der Waals surface area contributed by atoms with Crippen LogP contribution in [0.5, 0.6) is 0 Å². The molecule has 1 fully saturated rings. The Kier molecular flexibility index (Phi) is 2.35. The van der Waals surface area contributed by atoms with Gasteiger partial charge in [-0.1, -0.05) is 13.8 Å². The molecule has 0 saturated heterocycles. The van der Waals surface area contributed by atoms with Crippen molar-refractivity contribution in [3.8, 4) is 0 Å². The number of fused-ring (bicyclic) bond motifs is 1. The number of benzene rings is 1. The first-order valence-corrected chi connectivity index (χ1v) is 6.41. The number of nitrogen functional groups attached to an aromatic ring is 1. The minimum atomic E-state index is 0.461. The molecule has 17 heavy (non-hydrogen) atoms. The van der Waals surface area contributed by atoms with Gasteiger partial charge in [0.05, 0.1) is 11.0 Å². The summed E-state index contributed by atoms with van der Waals surface area (Å²) >= 11 is 0. The summed E-state index contributed by atoms with van der Waals surface area (Å²) in [6.07, 6.45) is 2.73. The third-order valence-electron chi connectivity index (χ3n) is 3.46. The Bertz CT molecular complexity index is 550. The van der Waals surface area contributed by atoms with Gasteiger partial charge in [-0.05, 0) is 37.0 Å². The van der Waals surface area contributed by atoms with Crippen LogP contribution in [0.4, 0.5) is 5.69 Å². The molecule has 0 aliphatic heterocycles. The van der Waals surface area contributed by atoms with Gasteiger partial charge in [0, 0.05) is 18.2 Å². The lowest BCUT2D eigenvalue weighted by Crippen LogP contribution is -2.06. The third-order valence-corrected chi connectivity index (χ3v) is 3.46. The second-order valence-electron chi connectivity index (χ2n) is 5.43. The van der Waals surface area contributed by atoms with Crippen molar-refractivity contribution < 1.29 is 0 Å². The average molecular weight is 229 g/mol. The van der Waals surface area contributed by atoms with Gasteiger partial charge in [0.2, 0.25) is 0 Å². The molecule has 2 N–H and O–H groups in total. The molecule has 3 rings (SSSR count). The number of hydrogen-bond donors (Lipinski definition) is 1. The van der Waals surface area contributed by atoms with Gasteiger partial charge in [-0.25, -0.2) is 4.98 Å². The van der Waals surface area contributed by atoms with E-state index in [4.69, 9.17) is 10.7 Å². The average Bonchev–Trinajstić information content (AvgIpc) is 3.00. The normalized spacial score (nSPS) is 15.9. The van der Waals surface area contributed by atoms with Gasteiger partial charge < -0.3 is 10.3 Å². The van der Waals surface area contributed by atoms with Crippen LogP contribution in [-0.2, 0) is 6.54 Å². The zero-order chi connectivity index (χ0) is 12.0. The molecular weight excluding hydrogens is 210 g/mol. The van der Waals surface area contributed by atoms with E-state index in [1.807, 2.05) is 12.1 Å². The van der Waals surface area contributed by atoms with Crippen molar-refractivity contribution in [1.82, 2.24) is 9.55 Å². The minimum Gasteiger partial charge on any atom is -0.399 e. The fourth-order valence-corrected chi connectivity index (χ4v) is 2.36. The predicted octanol–water partition coefficient (Wildman–Crippen LogP) is 3.15. The van der Waals surface area contributed by atoms with Crippen LogP contribution in [0, 0.1) is 5.92 Å². The van der Waals surface area contributed by atoms with Crippen LogP contribution >= 0.6 is 0 Å². The summed E-state index contributed by atoms with van der Waals surface area (Å²) in [5.41, 5.74) is 8.89. The minimum absolute atomic E-state index is 0.461. The number of rotatable bonds is 3. The molecule has 0 unspecified atom stereocenters. The van der Waals surface area contributed by atoms with Crippen LogP contribution in [0.25, 0.3) is 11.0 Å². The molecule has 0 atom stereocenters. The molecule has 0 bridgehead atoms. The van der Waals surface area contributed by atoms with Crippen LogP contribution in [0.15, 0.2) is 18.2 Å². The summed E-state index contributed by atoms with van der Waals surface area (Å²) in [6, 6.07) is 6.05. The van der Waals surface area contributed by atoms with Crippen molar-refractivity contribution in [1.29, 1.82) is 0 Å². The molecule has 0 amide bonds. The van der Waals surface area contributed by atoms with E-state index in [1.54, 1.807) is 0 Å². The highest BCUT2D eigenvalue weighted by Crippen LogP contribution is 2.33. The lowest BCUT2D eigenvalue weighted by atomic mass is 10.2. The lowest BCUT2D eigenvalue weighted by molar-refractivity contribution is 0.589. The predicted molar refractivity (Wildman–Crippen MR) is 71.0 cm³/mol. The third kappa shape index (κ3) is 1.90. The summed E-state index contributed by atoms with van der Waals surface area (Å²) < 4.78 is 2.39. The first-order valence-electron chi connectivity index (χ1n) is 6.41. The SMILES string of the molecule is CC(C)c1nc2cc(N)ccc2n1CC1CC1. The van der Waals surface area contributed by atoms with E-state index in [0.717, 1.165) is 23.7 Å². The largest absolute Gasteiger partial charge is 0.399 e. The van der Waals surface area contributed by atoms with Gasteiger partial charge in [-0.3, -0.25) is 0 Å². The molecule has 90 valence electrons. The highest BCUT2D eigenvalue weighted by atomic mass is 15.1. The summed E-state index contributed by atoms with van der Waals surface area (Å²) in [5, 5.41) is 0. The standard InChI is InChI=1S/C14H19N3/c1-9(2)14-16-12-7-11(15)5-6-13(12)17(14)8-10-3-4-10/h5-7,9-10H,3-4,8,15H2,1-2H3. The number of nitrogens with zero attached hydrogens (tertiary/aromatic N) is 2. The molecule has 1 heterocycles. The molecule has 3 nitrogen and oxygen atoms in total. The Morgan fingerprint density at radius 2 is 2.18 bits per heavy atom. The van der Waals surface area contributed by atoms with Gasteiger partial charge in [-0.15, -0.1) is 0 Å². The highest BCUT2D eigenvalue weighted by Gasteiger charge is 2.24. The molecule has 0 spiro atoms. The maximum atomic E-state index is 5.82. The van der Waals surface area contributed by atoms with Crippen molar-refractivity contribution in [2.45, 2.75) is 39.2 Å². The fourth-order valence-electron chi connectivity index (χ4n) is 2.36. The fraction of sp³-hybridized carbons (Fsp3) is 0.500. The zero-order valence-corrected chi connectivity index (χ0v) is 10.5. The van der Waals surface area contributed by atoms with Crippen molar-refractivity contribution in [3.05, 3.63) is 24.0 Å². The van der Waals surface area contributed by atoms with Crippen molar-refractivity contribution in [2.24, 2.45) is 5.92 Å². The first-order chi connectivity index (χ1) is 8.15. The number of hydrogen-bond acceptors (Lipinski definition) is 2. The van der Waals surface area contributed by atoms with Gasteiger partial charge in [0.15, 0.2) is 0 Å². The zero-order valence-electron chi connectivity index (χ0n) is 10.5. The van der Waals surface area contributed by atoms with Crippen LogP contribution in [0.2, 0.25) is 0 Å². The topological polar surface area (TPSA) is 43.8 Å². The molecule has 1 aromatic carbocycles. The maximum absolute atomic E-state index is 5.82. The summed E-state index contributed by atoms with van der Waals surface area (Å²) in [6.45, 7) is 5.52. The molecule has 0 radical (unpaired) electrons. The van der Waals surface area contributed by atoms with E-state index in [2.05, 4.69) is 24.5 Å². The van der Waals surface area contributed by atoms with Gasteiger partial charge in [-0.2, -0.15) is 0 Å². The van der Waals surface area contributed by atoms with E-state index in [-0.39, 0.29) is 0 Å².